The van der Waals surface area contributed by atoms with Crippen LogP contribution in [-0.2, 0) is 14.4 Å². The summed E-state index contributed by atoms with van der Waals surface area (Å²) in [6.07, 6.45) is 1.96. The minimum Gasteiger partial charge on any atom is -0.480 e. The van der Waals surface area contributed by atoms with Gasteiger partial charge in [-0.25, -0.2) is 0 Å². The van der Waals surface area contributed by atoms with Gasteiger partial charge in [-0.3, -0.25) is 14.4 Å². The van der Waals surface area contributed by atoms with E-state index >= 15 is 0 Å². The van der Waals surface area contributed by atoms with Crippen LogP contribution in [0, 0.1) is 0 Å². The molecule has 0 bridgehead atoms. The van der Waals surface area contributed by atoms with E-state index in [1.54, 1.807) is 0 Å². The first-order chi connectivity index (χ1) is 9.83. The Labute approximate surface area is 129 Å². The minimum absolute atomic E-state index is 0.0411. The van der Waals surface area contributed by atoms with Gasteiger partial charge in [-0.05, 0) is 26.3 Å². The van der Waals surface area contributed by atoms with Crippen LogP contribution in [0.15, 0.2) is 0 Å². The van der Waals surface area contributed by atoms with Crippen molar-refractivity contribution in [2.24, 2.45) is 11.5 Å². The quantitative estimate of drug-likeness (QED) is 0.212. The number of hydrogen-bond donors (Lipinski definition) is 6. The topological polar surface area (TPSA) is 148 Å². The molecule has 9 heteroatoms. The normalized spacial score (nSPS) is 14.9. The van der Waals surface area contributed by atoms with Crippen molar-refractivity contribution < 1.29 is 19.5 Å². The molecule has 0 fully saturated rings. The fourth-order valence-corrected chi connectivity index (χ4v) is 1.75. The number of nitrogens with two attached hydrogens (primary N) is 2. The Morgan fingerprint density at radius 3 is 2.29 bits per heavy atom. The van der Waals surface area contributed by atoms with Gasteiger partial charge in [0.15, 0.2) is 0 Å². The average Bonchev–Trinajstić information content (AvgIpc) is 2.44. The molecule has 3 unspecified atom stereocenters. The molecule has 0 rings (SSSR count). The molecule has 21 heavy (non-hydrogen) atoms. The predicted molar refractivity (Wildman–Crippen MR) is 81.9 cm³/mol. The first-order valence-corrected chi connectivity index (χ1v) is 7.36. The number of aliphatic carboxylic acids is 1. The van der Waals surface area contributed by atoms with Crippen molar-refractivity contribution in [2.75, 3.05) is 12.3 Å². The number of unbranched alkanes of at least 4 members (excludes halogenated alkanes) is 1. The van der Waals surface area contributed by atoms with E-state index in [2.05, 4.69) is 23.3 Å². The van der Waals surface area contributed by atoms with Gasteiger partial charge in [-0.2, -0.15) is 12.6 Å². The summed E-state index contributed by atoms with van der Waals surface area (Å²) in [7, 11) is 0. The Kier molecular flexibility index (Phi) is 9.76. The van der Waals surface area contributed by atoms with Crippen LogP contribution in [0.1, 0.15) is 26.2 Å². The molecule has 0 aliphatic heterocycles. The summed E-state index contributed by atoms with van der Waals surface area (Å²) in [5, 5.41) is 13.5. The third-order valence-electron chi connectivity index (χ3n) is 2.85. The van der Waals surface area contributed by atoms with Gasteiger partial charge in [-0.1, -0.05) is 6.42 Å². The summed E-state index contributed by atoms with van der Waals surface area (Å²) in [6.45, 7) is 1.86. The minimum atomic E-state index is -1.16. The Morgan fingerprint density at radius 1 is 1.19 bits per heavy atom. The lowest BCUT2D eigenvalue weighted by atomic mass is 10.1. The molecule has 0 spiro atoms. The smallest absolute Gasteiger partial charge is 0.325 e. The predicted octanol–water partition coefficient (Wildman–Crippen LogP) is -1.55. The van der Waals surface area contributed by atoms with Gasteiger partial charge in [0.2, 0.25) is 11.8 Å². The number of carbonyl (C=O) groups is 3. The highest BCUT2D eigenvalue weighted by atomic mass is 32.1. The van der Waals surface area contributed by atoms with E-state index in [0.29, 0.717) is 13.0 Å². The van der Waals surface area contributed by atoms with Crippen LogP contribution < -0.4 is 22.1 Å². The molecule has 122 valence electrons. The zero-order valence-corrected chi connectivity index (χ0v) is 12.9. The maximum atomic E-state index is 11.8. The van der Waals surface area contributed by atoms with E-state index in [4.69, 9.17) is 16.6 Å². The number of hydrogen-bond acceptors (Lipinski definition) is 6. The molecule has 2 amide bonds. The van der Waals surface area contributed by atoms with E-state index in [-0.39, 0.29) is 5.75 Å². The average molecular weight is 320 g/mol. The highest BCUT2D eigenvalue weighted by Crippen LogP contribution is 1.99. The van der Waals surface area contributed by atoms with Crippen molar-refractivity contribution in [3.8, 4) is 0 Å². The molecule has 0 aromatic carbocycles. The summed E-state index contributed by atoms with van der Waals surface area (Å²) in [5.74, 6) is -2.20. The number of carbonyl (C=O) groups excluding carboxylic acids is 2. The Balaban J connectivity index is 4.37. The van der Waals surface area contributed by atoms with Crippen LogP contribution in [0.3, 0.4) is 0 Å². The van der Waals surface area contributed by atoms with Crippen molar-refractivity contribution in [2.45, 2.75) is 44.3 Å². The molecule has 3 atom stereocenters. The summed E-state index contributed by atoms with van der Waals surface area (Å²) in [4.78, 5) is 34.3. The second kappa shape index (κ2) is 10.4. The van der Waals surface area contributed by atoms with Gasteiger partial charge in [0.25, 0.3) is 0 Å². The van der Waals surface area contributed by atoms with Crippen LogP contribution in [0.4, 0.5) is 0 Å². The first-order valence-electron chi connectivity index (χ1n) is 6.73. The summed E-state index contributed by atoms with van der Waals surface area (Å²) >= 11 is 3.98. The molecule has 0 aliphatic carbocycles. The molecule has 7 N–H and O–H groups in total. The molecule has 0 heterocycles. The van der Waals surface area contributed by atoms with Crippen molar-refractivity contribution in [1.82, 2.24) is 10.6 Å². The van der Waals surface area contributed by atoms with Crippen molar-refractivity contribution in [1.29, 1.82) is 0 Å². The van der Waals surface area contributed by atoms with Crippen LogP contribution in [-0.4, -0.2) is 53.3 Å². The van der Waals surface area contributed by atoms with Crippen LogP contribution in [0.25, 0.3) is 0 Å². The highest BCUT2D eigenvalue weighted by Gasteiger charge is 2.24. The monoisotopic (exact) mass is 320 g/mol. The second-order valence-electron chi connectivity index (χ2n) is 4.70. The van der Waals surface area contributed by atoms with Crippen molar-refractivity contribution in [3.05, 3.63) is 0 Å². The molecule has 0 saturated carbocycles. The molecular weight excluding hydrogens is 296 g/mol. The molecule has 0 aromatic rings. The fraction of sp³-hybridized carbons (Fsp3) is 0.750. The number of rotatable bonds is 10. The second-order valence-corrected chi connectivity index (χ2v) is 5.07. The number of thiol groups is 1. The number of carboxylic acid groups (broad SMARTS) is 1. The fourth-order valence-electron chi connectivity index (χ4n) is 1.49. The van der Waals surface area contributed by atoms with E-state index in [1.807, 2.05) is 0 Å². The maximum absolute atomic E-state index is 11.8. The summed E-state index contributed by atoms with van der Waals surface area (Å²) in [5.41, 5.74) is 11.1. The van der Waals surface area contributed by atoms with E-state index in [0.717, 1.165) is 12.8 Å². The Bertz CT molecular complexity index is 367. The molecule has 0 aromatic heterocycles. The lowest BCUT2D eigenvalue weighted by Crippen LogP contribution is -2.54. The van der Waals surface area contributed by atoms with E-state index < -0.39 is 35.9 Å². The van der Waals surface area contributed by atoms with E-state index in [9.17, 15) is 14.4 Å². The lowest BCUT2D eigenvalue weighted by molar-refractivity contribution is -0.141. The van der Waals surface area contributed by atoms with Crippen LogP contribution in [0.2, 0.25) is 0 Å². The van der Waals surface area contributed by atoms with Gasteiger partial charge in [-0.15, -0.1) is 0 Å². The van der Waals surface area contributed by atoms with Crippen molar-refractivity contribution >= 4 is 30.4 Å². The first kappa shape index (κ1) is 19.7. The zero-order valence-electron chi connectivity index (χ0n) is 12.0. The van der Waals surface area contributed by atoms with Crippen LogP contribution >= 0.6 is 12.6 Å². The molecule has 0 saturated heterocycles. The van der Waals surface area contributed by atoms with Gasteiger partial charge in [0.05, 0.1) is 6.04 Å². The third kappa shape index (κ3) is 7.88. The SMILES string of the molecule is CC(NC(=O)C(CS)NC(=O)C(N)CCCCN)C(=O)O. The van der Waals surface area contributed by atoms with E-state index in [1.165, 1.54) is 6.92 Å². The van der Waals surface area contributed by atoms with Gasteiger partial charge >= 0.3 is 5.97 Å². The summed E-state index contributed by atoms with van der Waals surface area (Å²) < 4.78 is 0. The highest BCUT2D eigenvalue weighted by molar-refractivity contribution is 7.80. The Hall–Kier alpha value is -1.32. The standard InChI is InChI=1S/C12H24N4O4S/c1-7(12(19)20)15-11(18)9(6-21)16-10(17)8(14)4-2-3-5-13/h7-9,21H,2-6,13-14H2,1H3,(H,15,18)(H,16,17)(H,19,20). The number of carboxylic acids is 1. The van der Waals surface area contributed by atoms with Gasteiger partial charge in [0, 0.05) is 5.75 Å². The number of amides is 2. The third-order valence-corrected chi connectivity index (χ3v) is 3.22. The van der Waals surface area contributed by atoms with Crippen LogP contribution in [0.5, 0.6) is 0 Å². The molecular formula is C12H24N4O4S. The molecule has 0 aliphatic rings. The van der Waals surface area contributed by atoms with Crippen molar-refractivity contribution in [3.63, 3.8) is 0 Å². The largest absolute Gasteiger partial charge is 0.480 e. The maximum Gasteiger partial charge on any atom is 0.325 e. The molecule has 0 radical (unpaired) electrons. The summed E-state index contributed by atoms with van der Waals surface area (Å²) in [6, 6.07) is -2.71. The molecule has 8 nitrogen and oxygen atoms in total. The van der Waals surface area contributed by atoms with Gasteiger partial charge in [0.1, 0.15) is 12.1 Å². The Morgan fingerprint density at radius 2 is 1.81 bits per heavy atom. The number of nitrogens with one attached hydrogen (secondary N) is 2. The zero-order chi connectivity index (χ0) is 16.4. The van der Waals surface area contributed by atoms with Gasteiger partial charge < -0.3 is 27.2 Å². The lowest BCUT2D eigenvalue weighted by Gasteiger charge is -2.20.